The Hall–Kier alpha value is -1.27. The lowest BCUT2D eigenvalue weighted by molar-refractivity contribution is 1.68. The number of hydrogen-bond donors (Lipinski definition) is 0. The van der Waals surface area contributed by atoms with Crippen molar-refractivity contribution in [3.8, 4) is 0 Å². The quantitative estimate of drug-likeness (QED) is 0.638. The molecule has 14 heavy (non-hydrogen) atoms. The predicted octanol–water partition coefficient (Wildman–Crippen LogP) is 4.53. The molecule has 0 atom stereocenters. The van der Waals surface area contributed by atoms with Crippen molar-refractivity contribution in [2.45, 2.75) is 6.92 Å². The van der Waals surface area contributed by atoms with Crippen LogP contribution in [0.25, 0.3) is 16.8 Å². The Balaban J connectivity index is 2.61. The van der Waals surface area contributed by atoms with Gasteiger partial charge in [0.1, 0.15) is 0 Å². The van der Waals surface area contributed by atoms with Crippen molar-refractivity contribution in [3.05, 3.63) is 53.1 Å². The molecule has 0 fully saturated rings. The van der Waals surface area contributed by atoms with E-state index in [4.69, 9.17) is 11.6 Å². The summed E-state index contributed by atoms with van der Waals surface area (Å²) in [5.41, 5.74) is 1.22. The minimum atomic E-state index is 0.788. The van der Waals surface area contributed by atoms with Gasteiger partial charge >= 0.3 is 0 Å². The first-order valence-electron chi connectivity index (χ1n) is 4.61. The van der Waals surface area contributed by atoms with E-state index < -0.39 is 0 Å². The Kier molecular flexibility index (Phi) is 2.55. The van der Waals surface area contributed by atoms with Crippen molar-refractivity contribution < 1.29 is 0 Å². The van der Waals surface area contributed by atoms with Gasteiger partial charge in [-0.25, -0.2) is 0 Å². The van der Waals surface area contributed by atoms with Crippen molar-refractivity contribution in [1.29, 1.82) is 0 Å². The van der Waals surface area contributed by atoms with Gasteiger partial charge in [-0.3, -0.25) is 0 Å². The van der Waals surface area contributed by atoms with Gasteiger partial charge in [0.2, 0.25) is 0 Å². The zero-order valence-electron chi connectivity index (χ0n) is 8.00. The molecule has 0 saturated carbocycles. The third-order valence-corrected chi connectivity index (χ3v) is 2.42. The van der Waals surface area contributed by atoms with Crippen molar-refractivity contribution in [1.82, 2.24) is 0 Å². The summed E-state index contributed by atoms with van der Waals surface area (Å²) in [6, 6.07) is 12.3. The Bertz CT molecular complexity index is 484. The molecule has 2 aromatic carbocycles. The molecule has 0 saturated heterocycles. The fourth-order valence-corrected chi connectivity index (χ4v) is 1.71. The number of halogens is 1. The average molecular weight is 203 g/mol. The summed E-state index contributed by atoms with van der Waals surface area (Å²) in [5.74, 6) is 0. The molecule has 0 amide bonds. The zero-order valence-corrected chi connectivity index (χ0v) is 8.75. The normalized spacial score (nSPS) is 11.3. The van der Waals surface area contributed by atoms with E-state index >= 15 is 0 Å². The summed E-state index contributed by atoms with van der Waals surface area (Å²) in [6.07, 6.45) is 4.13. The molecule has 2 rings (SSSR count). The predicted molar refractivity (Wildman–Crippen MR) is 63.7 cm³/mol. The highest BCUT2D eigenvalue weighted by molar-refractivity contribution is 6.31. The highest BCUT2D eigenvalue weighted by Crippen LogP contribution is 2.20. The van der Waals surface area contributed by atoms with Crippen LogP contribution in [0.1, 0.15) is 12.5 Å². The molecule has 0 aliphatic carbocycles. The summed E-state index contributed by atoms with van der Waals surface area (Å²) >= 11 is 5.91. The molecule has 0 heterocycles. The van der Waals surface area contributed by atoms with Crippen LogP contribution < -0.4 is 0 Å². The maximum atomic E-state index is 5.91. The highest BCUT2D eigenvalue weighted by atomic mass is 35.5. The van der Waals surface area contributed by atoms with Crippen LogP contribution in [-0.4, -0.2) is 0 Å². The van der Waals surface area contributed by atoms with Gasteiger partial charge in [0.05, 0.1) is 0 Å². The molecule has 1 heteroatoms. The number of fused-ring (bicyclic) bond motifs is 1. The fraction of sp³-hybridized carbons (Fsp3) is 0.0769. The van der Waals surface area contributed by atoms with Crippen LogP contribution >= 0.6 is 11.6 Å². The molecular weight excluding hydrogens is 192 g/mol. The molecule has 0 N–H and O–H groups in total. The maximum absolute atomic E-state index is 5.91. The Morgan fingerprint density at radius 1 is 1.00 bits per heavy atom. The Morgan fingerprint density at radius 2 is 1.71 bits per heavy atom. The second kappa shape index (κ2) is 3.85. The SMILES string of the molecule is C/C=C/c1ccc2cc(Cl)ccc2c1. The summed E-state index contributed by atoms with van der Waals surface area (Å²) in [7, 11) is 0. The lowest BCUT2D eigenvalue weighted by atomic mass is 10.1. The molecule has 0 aliphatic heterocycles. The Labute approximate surface area is 88.8 Å². The van der Waals surface area contributed by atoms with Gasteiger partial charge in [-0.1, -0.05) is 42.0 Å². The van der Waals surface area contributed by atoms with E-state index in [0.717, 1.165) is 5.02 Å². The number of hydrogen-bond acceptors (Lipinski definition) is 0. The lowest BCUT2D eigenvalue weighted by Crippen LogP contribution is -1.75. The summed E-state index contributed by atoms with van der Waals surface area (Å²) in [5, 5.41) is 3.20. The van der Waals surface area contributed by atoms with E-state index in [2.05, 4.69) is 24.3 Å². The van der Waals surface area contributed by atoms with Crippen LogP contribution in [0.2, 0.25) is 5.02 Å². The van der Waals surface area contributed by atoms with Gasteiger partial charge in [-0.15, -0.1) is 0 Å². The van der Waals surface area contributed by atoms with Gasteiger partial charge < -0.3 is 0 Å². The minimum absolute atomic E-state index is 0.788. The third-order valence-electron chi connectivity index (χ3n) is 2.19. The first-order valence-corrected chi connectivity index (χ1v) is 4.99. The van der Waals surface area contributed by atoms with Crippen LogP contribution in [0.4, 0.5) is 0 Å². The lowest BCUT2D eigenvalue weighted by Gasteiger charge is -1.99. The van der Waals surface area contributed by atoms with E-state index in [9.17, 15) is 0 Å². The van der Waals surface area contributed by atoms with Crippen LogP contribution in [0.5, 0.6) is 0 Å². The third kappa shape index (κ3) is 1.80. The average Bonchev–Trinajstić information content (AvgIpc) is 2.19. The standard InChI is InChI=1S/C13H11Cl/c1-2-3-10-4-5-12-9-13(14)7-6-11(12)8-10/h2-9H,1H3/b3-2+. The van der Waals surface area contributed by atoms with Crippen LogP contribution in [-0.2, 0) is 0 Å². The molecule has 0 bridgehead atoms. The first kappa shape index (κ1) is 9.29. The van der Waals surface area contributed by atoms with Gasteiger partial charge in [0, 0.05) is 5.02 Å². The molecule has 0 nitrogen and oxygen atoms in total. The van der Waals surface area contributed by atoms with Gasteiger partial charge in [-0.05, 0) is 41.5 Å². The molecule has 0 aliphatic rings. The van der Waals surface area contributed by atoms with E-state index in [0.29, 0.717) is 0 Å². The fourth-order valence-electron chi connectivity index (χ4n) is 1.53. The Morgan fingerprint density at radius 3 is 2.50 bits per heavy atom. The number of rotatable bonds is 1. The number of benzene rings is 2. The van der Waals surface area contributed by atoms with Crippen molar-refractivity contribution >= 4 is 28.4 Å². The molecular formula is C13H11Cl. The van der Waals surface area contributed by atoms with Crippen molar-refractivity contribution in [2.75, 3.05) is 0 Å². The number of allylic oxidation sites excluding steroid dienone is 1. The van der Waals surface area contributed by atoms with E-state index in [1.54, 1.807) is 0 Å². The molecule has 0 aromatic heterocycles. The smallest absolute Gasteiger partial charge is 0.0412 e. The zero-order chi connectivity index (χ0) is 9.97. The van der Waals surface area contributed by atoms with E-state index in [1.165, 1.54) is 16.3 Å². The minimum Gasteiger partial charge on any atom is -0.0871 e. The largest absolute Gasteiger partial charge is 0.0871 e. The summed E-state index contributed by atoms with van der Waals surface area (Å²) in [6.45, 7) is 2.02. The topological polar surface area (TPSA) is 0 Å². The highest BCUT2D eigenvalue weighted by Gasteiger charge is 1.94. The van der Waals surface area contributed by atoms with Crippen molar-refractivity contribution in [3.63, 3.8) is 0 Å². The summed E-state index contributed by atoms with van der Waals surface area (Å²) < 4.78 is 0. The monoisotopic (exact) mass is 202 g/mol. The molecule has 70 valence electrons. The van der Waals surface area contributed by atoms with E-state index in [-0.39, 0.29) is 0 Å². The molecule has 0 spiro atoms. The van der Waals surface area contributed by atoms with Gasteiger partial charge in [-0.2, -0.15) is 0 Å². The first-order chi connectivity index (χ1) is 6.79. The van der Waals surface area contributed by atoms with Gasteiger partial charge in [0.15, 0.2) is 0 Å². The molecule has 0 radical (unpaired) electrons. The van der Waals surface area contributed by atoms with Crippen molar-refractivity contribution in [2.24, 2.45) is 0 Å². The molecule has 0 unspecified atom stereocenters. The van der Waals surface area contributed by atoms with Crippen LogP contribution in [0.3, 0.4) is 0 Å². The van der Waals surface area contributed by atoms with Gasteiger partial charge in [0.25, 0.3) is 0 Å². The van der Waals surface area contributed by atoms with Crippen LogP contribution in [0, 0.1) is 0 Å². The molecule has 2 aromatic rings. The maximum Gasteiger partial charge on any atom is 0.0412 e. The second-order valence-electron chi connectivity index (χ2n) is 3.25. The second-order valence-corrected chi connectivity index (χ2v) is 3.69. The van der Waals surface area contributed by atoms with E-state index in [1.807, 2.05) is 31.2 Å². The summed E-state index contributed by atoms with van der Waals surface area (Å²) in [4.78, 5) is 0. The van der Waals surface area contributed by atoms with Crippen LogP contribution in [0.15, 0.2) is 42.5 Å².